The number of ether oxygens (including phenoxy) is 4. The summed E-state index contributed by atoms with van der Waals surface area (Å²) in [5.74, 6) is 1.37. The van der Waals surface area contributed by atoms with E-state index < -0.39 is 6.04 Å². The summed E-state index contributed by atoms with van der Waals surface area (Å²) in [5.41, 5.74) is 2.45. The maximum absolute atomic E-state index is 14.4. The van der Waals surface area contributed by atoms with Gasteiger partial charge < -0.3 is 34.3 Å². The third-order valence-electron chi connectivity index (χ3n) is 8.73. The van der Waals surface area contributed by atoms with Gasteiger partial charge in [0.05, 0.1) is 30.4 Å². The maximum atomic E-state index is 14.4. The lowest BCUT2D eigenvalue weighted by atomic mass is 10.0. The van der Waals surface area contributed by atoms with Gasteiger partial charge in [0.25, 0.3) is 11.8 Å². The summed E-state index contributed by atoms with van der Waals surface area (Å²) in [7, 11) is 2.06. The number of nitrogens with one attached hydrogen (secondary N) is 1. The molecule has 2 aliphatic rings. The zero-order valence-electron chi connectivity index (χ0n) is 27.8. The first kappa shape index (κ1) is 34.2. The molecule has 2 heterocycles. The van der Waals surface area contributed by atoms with Crippen molar-refractivity contribution in [3.63, 3.8) is 0 Å². The summed E-state index contributed by atoms with van der Waals surface area (Å²) in [6.45, 7) is 8.26. The van der Waals surface area contributed by atoms with E-state index in [9.17, 15) is 14.7 Å². The minimum absolute atomic E-state index is 0.0562. The highest BCUT2D eigenvalue weighted by molar-refractivity contribution is 6.05. The van der Waals surface area contributed by atoms with Crippen molar-refractivity contribution in [3.8, 4) is 17.2 Å². The Bertz CT molecular complexity index is 1500. The van der Waals surface area contributed by atoms with Crippen LogP contribution in [0.4, 0.5) is 5.69 Å². The van der Waals surface area contributed by atoms with Crippen LogP contribution < -0.4 is 19.5 Å². The Labute approximate surface area is 277 Å². The second-order valence-electron chi connectivity index (χ2n) is 12.7. The summed E-state index contributed by atoms with van der Waals surface area (Å²) in [5, 5.41) is 13.2. The summed E-state index contributed by atoms with van der Waals surface area (Å²) in [6, 6.07) is 19.6. The van der Waals surface area contributed by atoms with Crippen molar-refractivity contribution in [3.05, 3.63) is 83.4 Å². The fourth-order valence-electron chi connectivity index (χ4n) is 5.98. The van der Waals surface area contributed by atoms with E-state index in [1.165, 1.54) is 0 Å². The summed E-state index contributed by atoms with van der Waals surface area (Å²) >= 11 is 0. The van der Waals surface area contributed by atoms with Gasteiger partial charge in [-0.15, -0.1) is 0 Å². The minimum Gasteiger partial charge on any atom is -0.490 e. The van der Waals surface area contributed by atoms with Crippen LogP contribution >= 0.6 is 0 Å². The number of likely N-dealkylation sites (N-methyl/N-ethyl adjacent to an activating group) is 1. The normalized spacial score (nSPS) is 21.0. The number of fused-ring (bicyclic) bond motifs is 2. The smallest absolute Gasteiger partial charge is 0.258 e. The number of benzene rings is 3. The molecule has 4 atom stereocenters. The number of aliphatic hydroxyl groups is 1. The largest absolute Gasteiger partial charge is 0.490 e. The number of rotatable bonds is 8. The second-order valence-corrected chi connectivity index (χ2v) is 12.7. The fourth-order valence-corrected chi connectivity index (χ4v) is 5.98. The quantitative estimate of drug-likeness (QED) is 0.326. The predicted molar refractivity (Wildman–Crippen MR) is 180 cm³/mol. The number of carbonyl (C=O) groups excluding carboxylic acids is 2. The standard InChI is InChI=1S/C37H47N3O7/c1-25-20-40(26(2)23-41)37(43)31-19-30(38-36(42)29-11-6-5-7-12-29)14-16-32(31)47-27(3)10-8-9-17-44-35(25)22-39(4)21-28-13-15-33-34(18-28)46-24-45-33/h5-7,11-16,18-19,25-27,35,41H,8-10,17,20-24H2,1-4H3,(H,38,42)/t25-,26+,27+,35+/m1/s1. The second kappa shape index (κ2) is 16.1. The van der Waals surface area contributed by atoms with Crippen LogP contribution in [0.3, 0.4) is 0 Å². The molecule has 3 aromatic rings. The van der Waals surface area contributed by atoms with Crippen LogP contribution in [0.5, 0.6) is 17.2 Å². The van der Waals surface area contributed by atoms with Gasteiger partial charge in [-0.05, 0) is 88.2 Å². The van der Waals surface area contributed by atoms with Gasteiger partial charge in [0.2, 0.25) is 6.79 Å². The molecule has 10 heteroatoms. The van der Waals surface area contributed by atoms with E-state index in [1.807, 2.05) is 38.1 Å². The van der Waals surface area contributed by atoms with Crippen molar-refractivity contribution >= 4 is 17.5 Å². The lowest BCUT2D eigenvalue weighted by Crippen LogP contribution is -2.47. The van der Waals surface area contributed by atoms with Crippen molar-refractivity contribution in [2.75, 3.05) is 45.5 Å². The molecular formula is C37H47N3O7. The summed E-state index contributed by atoms with van der Waals surface area (Å²) in [4.78, 5) is 31.2. The van der Waals surface area contributed by atoms with Crippen LogP contribution in [-0.4, -0.2) is 85.1 Å². The molecule has 0 aliphatic carbocycles. The van der Waals surface area contributed by atoms with Gasteiger partial charge in [-0.3, -0.25) is 14.5 Å². The molecule has 0 bridgehead atoms. The van der Waals surface area contributed by atoms with Crippen molar-refractivity contribution < 1.29 is 33.6 Å². The Hall–Kier alpha value is -4.12. The van der Waals surface area contributed by atoms with Gasteiger partial charge in [0, 0.05) is 43.4 Å². The fraction of sp³-hybridized carbons (Fsp3) is 0.459. The molecule has 0 radical (unpaired) electrons. The molecule has 2 N–H and O–H groups in total. The average molecular weight is 646 g/mol. The molecule has 0 saturated carbocycles. The SMILES string of the molecule is C[C@@H]1CN([C@@H](C)CO)C(=O)c2cc(NC(=O)c3ccccc3)ccc2O[C@@H](C)CCCCO[C@H]1CN(C)Cc1ccc2c(c1)OCO2. The Balaban J connectivity index is 1.38. The highest BCUT2D eigenvalue weighted by atomic mass is 16.7. The maximum Gasteiger partial charge on any atom is 0.258 e. The number of hydrogen-bond acceptors (Lipinski definition) is 8. The molecule has 0 unspecified atom stereocenters. The first-order valence-corrected chi connectivity index (χ1v) is 16.5. The van der Waals surface area contributed by atoms with E-state index >= 15 is 0 Å². The summed E-state index contributed by atoms with van der Waals surface area (Å²) < 4.78 is 23.9. The van der Waals surface area contributed by atoms with Crippen molar-refractivity contribution in [1.29, 1.82) is 0 Å². The molecular weight excluding hydrogens is 598 g/mol. The van der Waals surface area contributed by atoms with Crippen LogP contribution in [0.15, 0.2) is 66.7 Å². The van der Waals surface area contributed by atoms with Gasteiger partial charge in [-0.2, -0.15) is 0 Å². The molecule has 3 aromatic carbocycles. The minimum atomic E-state index is -0.460. The third-order valence-corrected chi connectivity index (χ3v) is 8.73. The molecule has 0 spiro atoms. The van der Waals surface area contributed by atoms with Gasteiger partial charge in [-0.25, -0.2) is 0 Å². The zero-order chi connectivity index (χ0) is 33.3. The topological polar surface area (TPSA) is 110 Å². The molecule has 10 nitrogen and oxygen atoms in total. The molecule has 5 rings (SSSR count). The number of anilines is 1. The van der Waals surface area contributed by atoms with Gasteiger partial charge in [0.15, 0.2) is 11.5 Å². The average Bonchev–Trinajstić information content (AvgIpc) is 3.54. The van der Waals surface area contributed by atoms with E-state index in [0.717, 1.165) is 36.3 Å². The molecule has 2 aliphatic heterocycles. The van der Waals surface area contributed by atoms with Crippen LogP contribution in [0, 0.1) is 5.92 Å². The lowest BCUT2D eigenvalue weighted by molar-refractivity contribution is -0.0177. The van der Waals surface area contributed by atoms with Crippen molar-refractivity contribution in [2.45, 2.75) is 64.8 Å². The van der Waals surface area contributed by atoms with Crippen LogP contribution in [0.1, 0.15) is 66.3 Å². The summed E-state index contributed by atoms with van der Waals surface area (Å²) in [6.07, 6.45) is 2.29. The molecule has 252 valence electrons. The van der Waals surface area contributed by atoms with E-state index in [0.29, 0.717) is 48.8 Å². The van der Waals surface area contributed by atoms with Crippen molar-refractivity contribution in [2.24, 2.45) is 5.92 Å². The van der Waals surface area contributed by atoms with E-state index in [2.05, 4.69) is 24.2 Å². The first-order valence-electron chi connectivity index (χ1n) is 16.5. The van der Waals surface area contributed by atoms with Gasteiger partial charge in [-0.1, -0.05) is 31.2 Å². The number of aliphatic hydroxyl groups excluding tert-OH is 1. The molecule has 47 heavy (non-hydrogen) atoms. The highest BCUT2D eigenvalue weighted by Gasteiger charge is 2.30. The number of carbonyl (C=O) groups is 2. The Morgan fingerprint density at radius 1 is 1.02 bits per heavy atom. The van der Waals surface area contributed by atoms with Crippen LogP contribution in [-0.2, 0) is 11.3 Å². The van der Waals surface area contributed by atoms with Crippen molar-refractivity contribution in [1.82, 2.24) is 9.80 Å². The highest BCUT2D eigenvalue weighted by Crippen LogP contribution is 2.33. The molecule has 0 aromatic heterocycles. The Kier molecular flexibility index (Phi) is 11.7. The monoisotopic (exact) mass is 645 g/mol. The van der Waals surface area contributed by atoms with Crippen LogP contribution in [0.2, 0.25) is 0 Å². The number of nitrogens with zero attached hydrogens (tertiary/aromatic N) is 2. The number of hydrogen-bond donors (Lipinski definition) is 2. The van der Waals surface area contributed by atoms with Gasteiger partial charge in [0.1, 0.15) is 5.75 Å². The Morgan fingerprint density at radius 3 is 2.57 bits per heavy atom. The Morgan fingerprint density at radius 2 is 1.79 bits per heavy atom. The lowest BCUT2D eigenvalue weighted by Gasteiger charge is -2.36. The first-order chi connectivity index (χ1) is 22.7. The van der Waals surface area contributed by atoms with E-state index in [4.69, 9.17) is 18.9 Å². The molecule has 2 amide bonds. The van der Waals surface area contributed by atoms with Gasteiger partial charge >= 0.3 is 0 Å². The van der Waals surface area contributed by atoms with E-state index in [-0.39, 0.29) is 43.3 Å². The van der Waals surface area contributed by atoms with E-state index in [1.54, 1.807) is 47.4 Å². The number of amides is 2. The third kappa shape index (κ3) is 9.03. The van der Waals surface area contributed by atoms with Crippen LogP contribution in [0.25, 0.3) is 0 Å². The predicted octanol–water partition coefficient (Wildman–Crippen LogP) is 5.60. The molecule has 0 saturated heterocycles. The zero-order valence-corrected chi connectivity index (χ0v) is 27.8. The molecule has 0 fully saturated rings.